The van der Waals surface area contributed by atoms with Crippen LogP contribution in [0.2, 0.25) is 0 Å². The van der Waals surface area contributed by atoms with Crippen LogP contribution in [0.3, 0.4) is 0 Å². The number of hydrogen-bond donors (Lipinski definition) is 2. The fraction of sp³-hybridized carbons (Fsp3) is 0.0714. The fourth-order valence-corrected chi connectivity index (χ4v) is 1.67. The van der Waals surface area contributed by atoms with Gasteiger partial charge in [-0.05, 0) is 18.2 Å². The molecule has 1 aromatic heterocycles. The van der Waals surface area contributed by atoms with E-state index in [0.717, 1.165) is 24.3 Å². The highest BCUT2D eigenvalue weighted by Gasteiger charge is 2.07. The lowest BCUT2D eigenvalue weighted by Gasteiger charge is -1.99. The summed E-state index contributed by atoms with van der Waals surface area (Å²) in [4.78, 5) is 22.4. The summed E-state index contributed by atoms with van der Waals surface area (Å²) >= 11 is 0. The number of halogens is 2. The number of hydrogen-bond acceptors (Lipinski definition) is 3. The first-order valence-corrected chi connectivity index (χ1v) is 6.20. The molecule has 0 saturated heterocycles. The number of primary amides is 1. The maximum atomic E-state index is 13.4. The Morgan fingerprint density at radius 1 is 1.27 bits per heavy atom. The van der Waals surface area contributed by atoms with E-state index in [1.165, 1.54) is 23.0 Å². The lowest BCUT2D eigenvalue weighted by molar-refractivity contribution is -0.118. The molecular formula is C14H12F2N4O2. The van der Waals surface area contributed by atoms with Crippen LogP contribution < -0.4 is 11.1 Å². The Labute approximate surface area is 124 Å². The minimum atomic E-state index is -0.769. The summed E-state index contributed by atoms with van der Waals surface area (Å²) in [5.41, 5.74) is 4.70. The van der Waals surface area contributed by atoms with E-state index in [0.29, 0.717) is 0 Å². The molecule has 0 aliphatic heterocycles. The second-order valence-corrected chi connectivity index (χ2v) is 4.32. The molecule has 3 N–H and O–H groups in total. The van der Waals surface area contributed by atoms with Crippen molar-refractivity contribution in [1.82, 2.24) is 9.78 Å². The number of aromatic nitrogens is 2. The minimum absolute atomic E-state index is 0.119. The number of carbonyl (C=O) groups is 2. The number of rotatable bonds is 5. The van der Waals surface area contributed by atoms with Crippen molar-refractivity contribution >= 4 is 23.7 Å². The molecular weight excluding hydrogens is 294 g/mol. The number of nitrogens with one attached hydrogen (secondary N) is 1. The van der Waals surface area contributed by atoms with E-state index in [1.54, 1.807) is 0 Å². The Morgan fingerprint density at radius 2 is 1.95 bits per heavy atom. The molecule has 114 valence electrons. The van der Waals surface area contributed by atoms with Crippen molar-refractivity contribution in [1.29, 1.82) is 0 Å². The van der Waals surface area contributed by atoms with Gasteiger partial charge in [0, 0.05) is 23.9 Å². The average molecular weight is 306 g/mol. The first-order valence-electron chi connectivity index (χ1n) is 6.20. The molecule has 0 aliphatic carbocycles. The van der Waals surface area contributed by atoms with Crippen LogP contribution in [0.25, 0.3) is 6.08 Å². The number of carbonyl (C=O) groups excluding carboxylic acids is 2. The molecule has 0 unspecified atom stereocenters. The Kier molecular flexibility index (Phi) is 4.62. The third-order valence-electron chi connectivity index (χ3n) is 2.61. The highest BCUT2D eigenvalue weighted by Crippen LogP contribution is 2.13. The summed E-state index contributed by atoms with van der Waals surface area (Å²) in [6.45, 7) is -0.119. The van der Waals surface area contributed by atoms with Crippen LogP contribution in [0.15, 0.2) is 36.5 Å². The predicted molar refractivity (Wildman–Crippen MR) is 75.4 cm³/mol. The van der Waals surface area contributed by atoms with Gasteiger partial charge in [0.1, 0.15) is 18.2 Å². The van der Waals surface area contributed by atoms with Crippen LogP contribution >= 0.6 is 0 Å². The van der Waals surface area contributed by atoms with E-state index < -0.39 is 23.4 Å². The number of nitrogens with two attached hydrogens (primary N) is 1. The van der Waals surface area contributed by atoms with E-state index in [4.69, 9.17) is 5.73 Å². The van der Waals surface area contributed by atoms with Crippen LogP contribution in [-0.2, 0) is 16.1 Å². The van der Waals surface area contributed by atoms with Crippen LogP contribution in [0.1, 0.15) is 5.56 Å². The average Bonchev–Trinajstić information content (AvgIpc) is 2.84. The summed E-state index contributed by atoms with van der Waals surface area (Å²) in [7, 11) is 0. The van der Waals surface area contributed by atoms with E-state index in [1.807, 2.05) is 0 Å². The van der Waals surface area contributed by atoms with Crippen molar-refractivity contribution in [2.24, 2.45) is 5.73 Å². The van der Waals surface area contributed by atoms with Gasteiger partial charge in [0.15, 0.2) is 5.82 Å². The SMILES string of the molecule is NC(=O)Cn1ccc(NC(=O)/C=C/c2c(F)cccc2F)n1. The molecule has 0 atom stereocenters. The molecule has 1 heterocycles. The van der Waals surface area contributed by atoms with Gasteiger partial charge in [-0.1, -0.05) is 6.07 Å². The van der Waals surface area contributed by atoms with E-state index in [-0.39, 0.29) is 17.9 Å². The smallest absolute Gasteiger partial charge is 0.249 e. The highest BCUT2D eigenvalue weighted by molar-refractivity contribution is 6.01. The number of benzene rings is 1. The number of nitrogens with zero attached hydrogens (tertiary/aromatic N) is 2. The van der Waals surface area contributed by atoms with Crippen LogP contribution in [-0.4, -0.2) is 21.6 Å². The van der Waals surface area contributed by atoms with E-state index >= 15 is 0 Å². The quantitative estimate of drug-likeness (QED) is 0.816. The van der Waals surface area contributed by atoms with Gasteiger partial charge in [0.2, 0.25) is 11.8 Å². The van der Waals surface area contributed by atoms with Crippen LogP contribution in [0.5, 0.6) is 0 Å². The summed E-state index contributed by atoms with van der Waals surface area (Å²) in [6.07, 6.45) is 3.47. The second-order valence-electron chi connectivity index (χ2n) is 4.32. The first kappa shape index (κ1) is 15.4. The third-order valence-corrected chi connectivity index (χ3v) is 2.61. The molecule has 2 aromatic rings. The molecule has 6 nitrogen and oxygen atoms in total. The molecule has 0 radical (unpaired) electrons. The lowest BCUT2D eigenvalue weighted by atomic mass is 10.2. The van der Waals surface area contributed by atoms with Gasteiger partial charge < -0.3 is 11.1 Å². The van der Waals surface area contributed by atoms with Crippen molar-refractivity contribution in [2.45, 2.75) is 6.54 Å². The van der Waals surface area contributed by atoms with Gasteiger partial charge in [-0.3, -0.25) is 14.3 Å². The topological polar surface area (TPSA) is 90.0 Å². The molecule has 2 amide bonds. The molecule has 8 heteroatoms. The summed E-state index contributed by atoms with van der Waals surface area (Å²) in [6, 6.07) is 4.87. The van der Waals surface area contributed by atoms with Crippen LogP contribution in [0, 0.1) is 11.6 Å². The van der Waals surface area contributed by atoms with Crippen molar-refractivity contribution in [3.63, 3.8) is 0 Å². The molecule has 2 rings (SSSR count). The minimum Gasteiger partial charge on any atom is -0.368 e. The number of amides is 2. The monoisotopic (exact) mass is 306 g/mol. The molecule has 0 spiro atoms. The van der Waals surface area contributed by atoms with Gasteiger partial charge in [0.25, 0.3) is 0 Å². The van der Waals surface area contributed by atoms with E-state index in [2.05, 4.69) is 10.4 Å². The summed E-state index contributed by atoms with van der Waals surface area (Å²) in [5.74, 6) is -2.54. The van der Waals surface area contributed by atoms with Gasteiger partial charge in [-0.25, -0.2) is 8.78 Å². The molecule has 0 aliphatic rings. The van der Waals surface area contributed by atoms with Gasteiger partial charge in [0.05, 0.1) is 0 Å². The maximum Gasteiger partial charge on any atom is 0.249 e. The summed E-state index contributed by atoms with van der Waals surface area (Å²) in [5, 5.41) is 6.27. The molecule has 0 saturated carbocycles. The van der Waals surface area contributed by atoms with Crippen molar-refractivity contribution in [2.75, 3.05) is 5.32 Å². The van der Waals surface area contributed by atoms with Crippen molar-refractivity contribution in [3.8, 4) is 0 Å². The van der Waals surface area contributed by atoms with Crippen molar-refractivity contribution < 1.29 is 18.4 Å². The predicted octanol–water partition coefficient (Wildman–Crippen LogP) is 1.30. The van der Waals surface area contributed by atoms with Gasteiger partial charge in [-0.2, -0.15) is 5.10 Å². The zero-order chi connectivity index (χ0) is 16.1. The zero-order valence-electron chi connectivity index (χ0n) is 11.3. The third kappa shape index (κ3) is 3.98. The largest absolute Gasteiger partial charge is 0.368 e. The standard InChI is InChI=1S/C14H12F2N4O2/c15-10-2-1-3-11(16)9(10)4-5-14(22)18-13-6-7-20(19-13)8-12(17)21/h1-7H,8H2,(H2,17,21)(H,18,19,22)/b5-4+. The highest BCUT2D eigenvalue weighted by atomic mass is 19.1. The Hall–Kier alpha value is -3.03. The van der Waals surface area contributed by atoms with Crippen LogP contribution in [0.4, 0.5) is 14.6 Å². The van der Waals surface area contributed by atoms with Gasteiger partial charge in [-0.15, -0.1) is 0 Å². The van der Waals surface area contributed by atoms with E-state index in [9.17, 15) is 18.4 Å². The summed E-state index contributed by atoms with van der Waals surface area (Å²) < 4.78 is 28.0. The number of anilines is 1. The molecule has 0 bridgehead atoms. The lowest BCUT2D eigenvalue weighted by Crippen LogP contribution is -2.19. The Balaban J connectivity index is 2.02. The molecule has 0 fully saturated rings. The first-order chi connectivity index (χ1) is 10.5. The molecule has 1 aromatic carbocycles. The molecule has 22 heavy (non-hydrogen) atoms. The van der Waals surface area contributed by atoms with Crippen molar-refractivity contribution in [3.05, 3.63) is 53.7 Å². The Morgan fingerprint density at radius 3 is 2.59 bits per heavy atom. The Bertz CT molecular complexity index is 720. The normalized spacial score (nSPS) is 10.8. The van der Waals surface area contributed by atoms with Gasteiger partial charge >= 0.3 is 0 Å². The zero-order valence-corrected chi connectivity index (χ0v) is 11.3. The fourth-order valence-electron chi connectivity index (χ4n) is 1.67. The maximum absolute atomic E-state index is 13.4. The second kappa shape index (κ2) is 6.61.